The van der Waals surface area contributed by atoms with Crippen LogP contribution in [0, 0.1) is 17.2 Å². The van der Waals surface area contributed by atoms with Crippen LogP contribution in [-0.2, 0) is 10.2 Å². The highest BCUT2D eigenvalue weighted by atomic mass is 35.5. The Bertz CT molecular complexity index is 1930. The molecule has 1 N–H and O–H groups in total. The van der Waals surface area contributed by atoms with E-state index in [1.165, 1.54) is 6.07 Å². The molecular formula is C35H23Cl2N3O4. The van der Waals surface area contributed by atoms with E-state index in [0.717, 1.165) is 11.1 Å². The monoisotopic (exact) mass is 619 g/mol. The number of Topliss-reactive ketones (excluding diaryl/α,β-unsaturated/α-hetero) is 2. The van der Waals surface area contributed by atoms with Gasteiger partial charge in [0.1, 0.15) is 23.3 Å². The zero-order valence-corrected chi connectivity index (χ0v) is 24.5. The first kappa shape index (κ1) is 27.9. The molecule has 0 radical (unpaired) electrons. The molecule has 216 valence electrons. The fraction of sp³-hybridized carbons (Fsp3) is 0.143. The van der Waals surface area contributed by atoms with Crippen molar-refractivity contribution in [1.82, 2.24) is 4.90 Å². The Morgan fingerprint density at radius 1 is 0.955 bits per heavy atom. The van der Waals surface area contributed by atoms with Crippen LogP contribution in [0.3, 0.4) is 0 Å². The molecule has 0 aromatic heterocycles. The van der Waals surface area contributed by atoms with Crippen molar-refractivity contribution in [3.05, 3.63) is 135 Å². The van der Waals surface area contributed by atoms with Gasteiger partial charge in [-0.1, -0.05) is 65.7 Å². The molecule has 9 heteroatoms. The Morgan fingerprint density at radius 2 is 1.70 bits per heavy atom. The van der Waals surface area contributed by atoms with E-state index >= 15 is 0 Å². The lowest BCUT2D eigenvalue weighted by Gasteiger charge is -2.38. The standard InChI is InChI=1S/C35H23Cl2N3O4/c36-22-11-14-25(27(37)19-22)32(42)30-29(31(41)21-9-12-23(13-10-21)44-18-16-38)35(26-7-3-4-8-28(26)39-34(35)43)33-24-6-2-1-5-20(24)15-17-40(30)33/h1-15,17,19,29-30,33H,18H2,(H,39,43). The quantitative estimate of drug-likeness (QED) is 0.236. The highest BCUT2D eigenvalue weighted by Gasteiger charge is 2.70. The lowest BCUT2D eigenvalue weighted by molar-refractivity contribution is -0.122. The molecule has 4 unspecified atom stereocenters. The van der Waals surface area contributed by atoms with Gasteiger partial charge in [-0.05, 0) is 71.3 Å². The maximum absolute atomic E-state index is 14.9. The molecule has 4 aromatic carbocycles. The molecule has 3 heterocycles. The number of para-hydroxylation sites is 1. The number of carbonyl (C=O) groups excluding carboxylic acids is 3. The molecule has 0 saturated carbocycles. The molecule has 44 heavy (non-hydrogen) atoms. The summed E-state index contributed by atoms with van der Waals surface area (Å²) in [5.41, 5.74) is 2.01. The summed E-state index contributed by atoms with van der Waals surface area (Å²) >= 11 is 12.8. The first-order valence-corrected chi connectivity index (χ1v) is 14.7. The maximum Gasteiger partial charge on any atom is 0.238 e. The molecule has 7 rings (SSSR count). The molecule has 0 bridgehead atoms. The molecule has 4 aromatic rings. The van der Waals surface area contributed by atoms with Gasteiger partial charge in [-0.3, -0.25) is 14.4 Å². The number of ketones is 2. The number of ether oxygens (including phenoxy) is 1. The van der Waals surface area contributed by atoms with Crippen molar-refractivity contribution >= 4 is 52.4 Å². The molecule has 1 spiro atoms. The Morgan fingerprint density at radius 3 is 2.48 bits per heavy atom. The van der Waals surface area contributed by atoms with Crippen LogP contribution in [0.2, 0.25) is 10.0 Å². The predicted molar refractivity (Wildman–Crippen MR) is 167 cm³/mol. The minimum absolute atomic E-state index is 0.142. The van der Waals surface area contributed by atoms with Gasteiger partial charge in [0, 0.05) is 28.0 Å². The second-order valence-corrected chi connectivity index (χ2v) is 11.8. The smallest absolute Gasteiger partial charge is 0.238 e. The van der Waals surface area contributed by atoms with E-state index in [1.807, 2.05) is 71.8 Å². The van der Waals surface area contributed by atoms with Gasteiger partial charge >= 0.3 is 0 Å². The van der Waals surface area contributed by atoms with E-state index in [1.54, 1.807) is 36.4 Å². The molecule has 1 saturated heterocycles. The Hall–Kier alpha value is -4.90. The minimum atomic E-state index is -1.47. The maximum atomic E-state index is 14.9. The van der Waals surface area contributed by atoms with Crippen LogP contribution in [0.4, 0.5) is 5.69 Å². The van der Waals surface area contributed by atoms with Crippen molar-refractivity contribution < 1.29 is 19.1 Å². The van der Waals surface area contributed by atoms with E-state index in [0.29, 0.717) is 27.6 Å². The van der Waals surface area contributed by atoms with Crippen molar-refractivity contribution in [2.24, 2.45) is 5.92 Å². The van der Waals surface area contributed by atoms with E-state index in [-0.39, 0.29) is 28.9 Å². The average molecular weight is 620 g/mol. The number of anilines is 1. The summed E-state index contributed by atoms with van der Waals surface area (Å²) in [5, 5.41) is 12.5. The lowest BCUT2D eigenvalue weighted by Crippen LogP contribution is -2.49. The number of carbonyl (C=O) groups is 3. The van der Waals surface area contributed by atoms with E-state index in [2.05, 4.69) is 5.32 Å². The number of hydrogen-bond acceptors (Lipinski definition) is 6. The predicted octanol–water partition coefficient (Wildman–Crippen LogP) is 6.88. The van der Waals surface area contributed by atoms with Gasteiger partial charge in [-0.25, -0.2) is 0 Å². The van der Waals surface area contributed by atoms with E-state index in [4.69, 9.17) is 33.2 Å². The normalized spacial score (nSPS) is 22.5. The van der Waals surface area contributed by atoms with Gasteiger partial charge in [0.15, 0.2) is 18.2 Å². The molecule has 4 atom stereocenters. The topological polar surface area (TPSA) is 99.5 Å². The van der Waals surface area contributed by atoms with Gasteiger partial charge in [0.25, 0.3) is 0 Å². The zero-order chi connectivity index (χ0) is 30.6. The number of nitrogens with one attached hydrogen (secondary N) is 1. The second kappa shape index (κ2) is 10.7. The number of halogens is 2. The number of hydrogen-bond donors (Lipinski definition) is 1. The third kappa shape index (κ3) is 4.06. The molecule has 1 fully saturated rings. The zero-order valence-electron chi connectivity index (χ0n) is 23.0. The first-order valence-electron chi connectivity index (χ1n) is 13.9. The third-order valence-corrected chi connectivity index (χ3v) is 9.31. The molecule has 7 nitrogen and oxygen atoms in total. The van der Waals surface area contributed by atoms with Gasteiger partial charge in [-0.2, -0.15) is 5.26 Å². The molecule has 1 amide bonds. The van der Waals surface area contributed by atoms with Crippen molar-refractivity contribution in [3.63, 3.8) is 0 Å². The highest BCUT2D eigenvalue weighted by Crippen LogP contribution is 2.62. The van der Waals surface area contributed by atoms with Crippen LogP contribution in [0.25, 0.3) is 6.08 Å². The van der Waals surface area contributed by atoms with Crippen LogP contribution in [0.5, 0.6) is 5.75 Å². The Kier molecular flexibility index (Phi) is 6.77. The summed E-state index contributed by atoms with van der Waals surface area (Å²) in [6, 6.07) is 26.2. The summed E-state index contributed by atoms with van der Waals surface area (Å²) in [6.45, 7) is -0.142. The highest BCUT2D eigenvalue weighted by molar-refractivity contribution is 6.37. The number of nitriles is 1. The Labute approximate surface area is 263 Å². The third-order valence-electron chi connectivity index (χ3n) is 8.76. The lowest BCUT2D eigenvalue weighted by atomic mass is 9.62. The molecule has 3 aliphatic rings. The average Bonchev–Trinajstić information content (AvgIpc) is 3.51. The summed E-state index contributed by atoms with van der Waals surface area (Å²) in [5.74, 6) is -1.88. The number of rotatable bonds is 6. The summed E-state index contributed by atoms with van der Waals surface area (Å²) in [4.78, 5) is 46.0. The van der Waals surface area contributed by atoms with Crippen molar-refractivity contribution in [1.29, 1.82) is 5.26 Å². The van der Waals surface area contributed by atoms with Crippen molar-refractivity contribution in [3.8, 4) is 11.8 Å². The van der Waals surface area contributed by atoms with Crippen molar-refractivity contribution in [2.75, 3.05) is 11.9 Å². The van der Waals surface area contributed by atoms with E-state index in [9.17, 15) is 14.4 Å². The van der Waals surface area contributed by atoms with Crippen LogP contribution >= 0.6 is 23.2 Å². The molecular weight excluding hydrogens is 597 g/mol. The van der Waals surface area contributed by atoms with Crippen LogP contribution in [0.1, 0.15) is 43.4 Å². The first-order chi connectivity index (χ1) is 21.4. The largest absolute Gasteiger partial charge is 0.479 e. The summed E-state index contributed by atoms with van der Waals surface area (Å²) in [7, 11) is 0. The summed E-state index contributed by atoms with van der Waals surface area (Å²) in [6.07, 6.45) is 3.71. The van der Waals surface area contributed by atoms with E-state index < -0.39 is 29.2 Å². The van der Waals surface area contributed by atoms with Gasteiger partial charge < -0.3 is 15.0 Å². The number of nitrogens with zero attached hydrogens (tertiary/aromatic N) is 2. The fourth-order valence-electron chi connectivity index (χ4n) is 7.03. The SMILES string of the molecule is N#CCOc1ccc(C(=O)C2C(C(=O)c3ccc(Cl)cc3Cl)N3C=Cc4ccccc4C3C23C(=O)Nc2ccccc23)cc1. The number of fused-ring (bicyclic) bond motifs is 6. The fourth-order valence-corrected chi connectivity index (χ4v) is 7.53. The van der Waals surface area contributed by atoms with Gasteiger partial charge in [0.05, 0.1) is 17.0 Å². The van der Waals surface area contributed by atoms with Gasteiger partial charge in [-0.15, -0.1) is 0 Å². The summed E-state index contributed by atoms with van der Waals surface area (Å²) < 4.78 is 5.39. The van der Waals surface area contributed by atoms with Crippen LogP contribution < -0.4 is 10.1 Å². The van der Waals surface area contributed by atoms with Crippen molar-refractivity contribution in [2.45, 2.75) is 17.5 Å². The molecule has 0 aliphatic carbocycles. The second-order valence-electron chi connectivity index (χ2n) is 10.9. The molecule has 3 aliphatic heterocycles. The number of benzene rings is 4. The minimum Gasteiger partial charge on any atom is -0.479 e. The van der Waals surface area contributed by atoms with Gasteiger partial charge in [0.2, 0.25) is 5.91 Å². The number of amides is 1. The van der Waals surface area contributed by atoms with Crippen LogP contribution in [-0.4, -0.2) is 35.0 Å². The Balaban J connectivity index is 1.49. The van der Waals surface area contributed by atoms with Crippen LogP contribution in [0.15, 0.2) is 97.2 Å².